The van der Waals surface area contributed by atoms with E-state index in [-0.39, 0.29) is 11.7 Å². The van der Waals surface area contributed by atoms with Crippen LogP contribution in [0.3, 0.4) is 0 Å². The molecule has 1 N–H and O–H groups in total. The van der Waals surface area contributed by atoms with Crippen molar-refractivity contribution in [1.82, 2.24) is 13.6 Å². The van der Waals surface area contributed by atoms with Crippen LogP contribution in [-0.4, -0.2) is 37.8 Å². The summed E-state index contributed by atoms with van der Waals surface area (Å²) in [6.45, 7) is 1.55. The van der Waals surface area contributed by atoms with Gasteiger partial charge in [-0.1, -0.05) is 12.1 Å². The third kappa shape index (κ3) is 2.38. The van der Waals surface area contributed by atoms with E-state index in [4.69, 9.17) is 0 Å². The number of phenolic OH excluding ortho intramolecular Hbond substituents is 1. The van der Waals surface area contributed by atoms with Gasteiger partial charge in [0.25, 0.3) is 5.91 Å². The number of aromatic nitrogens is 2. The van der Waals surface area contributed by atoms with Crippen molar-refractivity contribution in [2.45, 2.75) is 19.3 Å². The lowest BCUT2D eigenvalue weighted by molar-refractivity contribution is 0.0720. The maximum absolute atomic E-state index is 12.5. The third-order valence-electron chi connectivity index (χ3n) is 3.49. The molecular formula is C14H15N3O2S. The van der Waals surface area contributed by atoms with E-state index in [1.54, 1.807) is 18.2 Å². The Morgan fingerprint density at radius 1 is 1.15 bits per heavy atom. The van der Waals surface area contributed by atoms with Gasteiger partial charge in [-0.3, -0.25) is 4.79 Å². The van der Waals surface area contributed by atoms with Crippen LogP contribution >= 0.6 is 11.7 Å². The molecule has 0 bridgehead atoms. The third-order valence-corrected chi connectivity index (χ3v) is 4.02. The van der Waals surface area contributed by atoms with Crippen LogP contribution in [0.25, 0.3) is 11.3 Å². The molecule has 104 valence electrons. The van der Waals surface area contributed by atoms with Gasteiger partial charge >= 0.3 is 0 Å². The van der Waals surface area contributed by atoms with Crippen LogP contribution in [0.15, 0.2) is 24.3 Å². The summed E-state index contributed by atoms with van der Waals surface area (Å²) in [7, 11) is 0. The predicted octanol–water partition coefficient (Wildman–Crippen LogP) is 2.54. The number of hydrogen-bond acceptors (Lipinski definition) is 5. The molecule has 2 aromatic rings. The Morgan fingerprint density at radius 2 is 1.90 bits per heavy atom. The minimum absolute atomic E-state index is 0.0864. The molecule has 6 heteroatoms. The lowest BCUT2D eigenvalue weighted by Gasteiger charge is -2.26. The SMILES string of the molecule is O=C(c1nsnc1-c1ccccc1O)N1CCCCC1. The van der Waals surface area contributed by atoms with E-state index < -0.39 is 0 Å². The Morgan fingerprint density at radius 3 is 2.65 bits per heavy atom. The molecule has 0 saturated carbocycles. The van der Waals surface area contributed by atoms with E-state index in [2.05, 4.69) is 8.75 Å². The summed E-state index contributed by atoms with van der Waals surface area (Å²) in [5.41, 5.74) is 1.38. The van der Waals surface area contributed by atoms with Gasteiger partial charge in [0.15, 0.2) is 5.69 Å². The van der Waals surface area contributed by atoms with Crippen molar-refractivity contribution in [3.63, 3.8) is 0 Å². The summed E-state index contributed by atoms with van der Waals surface area (Å²) < 4.78 is 8.32. The fourth-order valence-corrected chi connectivity index (χ4v) is 2.98. The molecule has 2 heterocycles. The summed E-state index contributed by atoms with van der Waals surface area (Å²) in [4.78, 5) is 14.3. The number of nitrogens with zero attached hydrogens (tertiary/aromatic N) is 3. The molecule has 0 spiro atoms. The number of benzene rings is 1. The second-order valence-electron chi connectivity index (χ2n) is 4.83. The lowest BCUT2D eigenvalue weighted by atomic mass is 10.1. The monoisotopic (exact) mass is 289 g/mol. The zero-order chi connectivity index (χ0) is 13.9. The highest BCUT2D eigenvalue weighted by atomic mass is 32.1. The number of carbonyl (C=O) groups is 1. The number of likely N-dealkylation sites (tertiary alicyclic amines) is 1. The zero-order valence-electron chi connectivity index (χ0n) is 11.0. The summed E-state index contributed by atoms with van der Waals surface area (Å²) in [6, 6.07) is 6.89. The maximum Gasteiger partial charge on any atom is 0.275 e. The van der Waals surface area contributed by atoms with Gasteiger partial charge in [0.05, 0.1) is 11.7 Å². The Hall–Kier alpha value is -1.95. The number of piperidine rings is 1. The Kier molecular flexibility index (Phi) is 3.64. The molecule has 1 fully saturated rings. The van der Waals surface area contributed by atoms with Gasteiger partial charge in [-0.15, -0.1) is 0 Å². The average molecular weight is 289 g/mol. The van der Waals surface area contributed by atoms with Crippen LogP contribution in [0.4, 0.5) is 0 Å². The fraction of sp³-hybridized carbons (Fsp3) is 0.357. The molecule has 1 aromatic heterocycles. The van der Waals surface area contributed by atoms with E-state index in [1.807, 2.05) is 11.0 Å². The van der Waals surface area contributed by atoms with Crippen LogP contribution in [0.2, 0.25) is 0 Å². The Bertz CT molecular complexity index is 620. The molecule has 0 atom stereocenters. The molecule has 5 nitrogen and oxygen atoms in total. The minimum atomic E-state index is -0.0864. The number of carbonyl (C=O) groups excluding carboxylic acids is 1. The maximum atomic E-state index is 12.5. The molecule has 1 amide bonds. The summed E-state index contributed by atoms with van der Waals surface area (Å²) in [5, 5.41) is 9.91. The van der Waals surface area contributed by atoms with Crippen molar-refractivity contribution < 1.29 is 9.90 Å². The largest absolute Gasteiger partial charge is 0.507 e. The molecular weight excluding hydrogens is 274 g/mol. The van der Waals surface area contributed by atoms with Crippen molar-refractivity contribution in [3.8, 4) is 17.0 Å². The molecule has 1 aliphatic heterocycles. The second kappa shape index (κ2) is 5.58. The normalized spacial score (nSPS) is 15.3. The molecule has 20 heavy (non-hydrogen) atoms. The summed E-state index contributed by atoms with van der Waals surface area (Å²) in [5.74, 6) is 0.0320. The van der Waals surface area contributed by atoms with Gasteiger partial charge in [0.2, 0.25) is 0 Å². The first kappa shape index (κ1) is 13.1. The highest BCUT2D eigenvalue weighted by Crippen LogP contribution is 2.30. The fourth-order valence-electron chi connectivity index (χ4n) is 2.43. The van der Waals surface area contributed by atoms with Crippen molar-refractivity contribution in [3.05, 3.63) is 30.0 Å². The van der Waals surface area contributed by atoms with E-state index >= 15 is 0 Å². The van der Waals surface area contributed by atoms with Gasteiger partial charge in [-0.25, -0.2) is 0 Å². The van der Waals surface area contributed by atoms with Crippen molar-refractivity contribution in [2.75, 3.05) is 13.1 Å². The Labute approximate surface area is 121 Å². The minimum Gasteiger partial charge on any atom is -0.507 e. The van der Waals surface area contributed by atoms with E-state index in [1.165, 1.54) is 6.42 Å². The van der Waals surface area contributed by atoms with Crippen LogP contribution in [0.5, 0.6) is 5.75 Å². The summed E-state index contributed by atoms with van der Waals surface area (Å²) in [6.07, 6.45) is 3.25. The van der Waals surface area contributed by atoms with Crippen molar-refractivity contribution in [2.24, 2.45) is 0 Å². The van der Waals surface area contributed by atoms with E-state index in [9.17, 15) is 9.90 Å². The number of hydrogen-bond donors (Lipinski definition) is 1. The van der Waals surface area contributed by atoms with Gasteiger partial charge in [0.1, 0.15) is 11.4 Å². The first-order valence-electron chi connectivity index (χ1n) is 6.67. The highest BCUT2D eigenvalue weighted by Gasteiger charge is 2.25. The molecule has 1 aromatic carbocycles. The molecule has 3 rings (SSSR count). The lowest BCUT2D eigenvalue weighted by Crippen LogP contribution is -2.36. The predicted molar refractivity (Wildman–Crippen MR) is 76.8 cm³/mol. The van der Waals surface area contributed by atoms with E-state index in [0.29, 0.717) is 17.0 Å². The molecule has 0 radical (unpaired) electrons. The van der Waals surface area contributed by atoms with Crippen molar-refractivity contribution >= 4 is 17.6 Å². The van der Waals surface area contributed by atoms with Gasteiger partial charge < -0.3 is 10.0 Å². The van der Waals surface area contributed by atoms with Crippen LogP contribution in [0.1, 0.15) is 29.8 Å². The van der Waals surface area contributed by atoms with Crippen molar-refractivity contribution in [1.29, 1.82) is 0 Å². The first-order chi connectivity index (χ1) is 9.77. The van der Waals surface area contributed by atoms with Crippen LogP contribution in [0, 0.1) is 0 Å². The number of rotatable bonds is 2. The van der Waals surface area contributed by atoms with Gasteiger partial charge in [-0.2, -0.15) is 8.75 Å². The number of para-hydroxylation sites is 1. The highest BCUT2D eigenvalue weighted by molar-refractivity contribution is 6.99. The number of amides is 1. The van der Waals surface area contributed by atoms with Gasteiger partial charge in [-0.05, 0) is 31.4 Å². The topological polar surface area (TPSA) is 66.3 Å². The zero-order valence-corrected chi connectivity index (χ0v) is 11.8. The Balaban J connectivity index is 1.94. The molecule has 1 aliphatic rings. The molecule has 0 aliphatic carbocycles. The quantitative estimate of drug-likeness (QED) is 0.922. The first-order valence-corrected chi connectivity index (χ1v) is 7.40. The molecule has 0 unspecified atom stereocenters. The van der Waals surface area contributed by atoms with E-state index in [0.717, 1.165) is 37.7 Å². The average Bonchev–Trinajstić information content (AvgIpc) is 2.97. The van der Waals surface area contributed by atoms with Crippen LogP contribution < -0.4 is 0 Å². The second-order valence-corrected chi connectivity index (χ2v) is 5.36. The smallest absolute Gasteiger partial charge is 0.275 e. The standard InChI is InChI=1S/C14H15N3O2S/c18-11-7-3-2-6-10(11)12-13(16-20-15-12)14(19)17-8-4-1-5-9-17/h2-3,6-7,18H,1,4-5,8-9H2. The number of aromatic hydroxyl groups is 1. The number of phenols is 1. The summed E-state index contributed by atoms with van der Waals surface area (Å²) >= 11 is 1.00. The van der Waals surface area contributed by atoms with Gasteiger partial charge in [0, 0.05) is 18.7 Å². The van der Waals surface area contributed by atoms with Crippen LogP contribution in [-0.2, 0) is 0 Å². The molecule has 1 saturated heterocycles.